The summed E-state index contributed by atoms with van der Waals surface area (Å²) in [5, 5.41) is 9.98. The van der Waals surface area contributed by atoms with Crippen molar-refractivity contribution in [3.05, 3.63) is 130 Å². The van der Waals surface area contributed by atoms with Crippen molar-refractivity contribution >= 4 is 5.97 Å². The molecule has 0 amide bonds. The van der Waals surface area contributed by atoms with Gasteiger partial charge in [0.25, 0.3) is 0 Å². The van der Waals surface area contributed by atoms with Gasteiger partial charge in [0.1, 0.15) is 35.6 Å². The summed E-state index contributed by atoms with van der Waals surface area (Å²) in [4.78, 5) is 12.7. The number of halogens is 1. The van der Waals surface area contributed by atoms with Gasteiger partial charge in [0, 0.05) is 11.6 Å². The third kappa shape index (κ3) is 5.99. The van der Waals surface area contributed by atoms with Crippen molar-refractivity contribution in [2.24, 2.45) is 5.73 Å². The first-order valence-electron chi connectivity index (χ1n) is 13.0. The zero-order valence-corrected chi connectivity index (χ0v) is 22.5. The summed E-state index contributed by atoms with van der Waals surface area (Å²) in [7, 11) is 0. The maximum atomic E-state index is 13.3. The summed E-state index contributed by atoms with van der Waals surface area (Å²) in [5.41, 5.74) is 10.0. The first-order chi connectivity index (χ1) is 19.9. The Labute approximate surface area is 237 Å². The molecule has 1 atom stereocenters. The van der Waals surface area contributed by atoms with E-state index in [1.807, 2.05) is 26.0 Å². The predicted octanol–water partition coefficient (Wildman–Crippen LogP) is 6.55. The molecule has 7 nitrogen and oxygen atoms in total. The second-order valence-electron chi connectivity index (χ2n) is 9.44. The number of rotatable bonds is 8. The van der Waals surface area contributed by atoms with E-state index < -0.39 is 11.9 Å². The van der Waals surface area contributed by atoms with Crippen molar-refractivity contribution < 1.29 is 28.1 Å². The topological polar surface area (TPSA) is 104 Å². The molecule has 41 heavy (non-hydrogen) atoms. The highest BCUT2D eigenvalue weighted by Gasteiger charge is 2.32. The lowest BCUT2D eigenvalue weighted by molar-refractivity contribution is 0.0734. The van der Waals surface area contributed by atoms with Crippen LogP contribution in [0.1, 0.15) is 45.5 Å². The number of carbonyl (C=O) groups excluding carboxylic acids is 1. The highest BCUT2D eigenvalue weighted by Crippen LogP contribution is 2.45. The third-order valence-electron chi connectivity index (χ3n) is 6.56. The van der Waals surface area contributed by atoms with E-state index in [1.54, 1.807) is 60.7 Å². The standard InChI is InChI=1S/C33H27FN2O5/c1-3-38-30-16-22(9-14-28(30)39-19-21-7-10-24(34)11-8-21)31-26-13-12-25(17-29(26)41-32(36)27(31)18-35)40-33(37)23-6-4-5-20(2)15-23/h4-17,31H,3,19,36H2,1-2H3. The molecule has 1 aliphatic rings. The molecule has 1 aliphatic heterocycles. The van der Waals surface area contributed by atoms with Gasteiger partial charge in [0.05, 0.1) is 18.1 Å². The van der Waals surface area contributed by atoms with E-state index in [0.29, 0.717) is 35.0 Å². The predicted molar refractivity (Wildman–Crippen MR) is 150 cm³/mol. The van der Waals surface area contributed by atoms with E-state index in [-0.39, 0.29) is 29.6 Å². The third-order valence-corrected chi connectivity index (χ3v) is 6.56. The Kier molecular flexibility index (Phi) is 7.88. The lowest BCUT2D eigenvalue weighted by Crippen LogP contribution is -2.21. The molecule has 206 valence electrons. The normalized spacial score (nSPS) is 14.0. The fraction of sp³-hybridized carbons (Fsp3) is 0.152. The molecule has 5 rings (SSSR count). The number of hydrogen-bond donors (Lipinski definition) is 1. The number of ether oxygens (including phenoxy) is 4. The summed E-state index contributed by atoms with van der Waals surface area (Å²) in [6, 6.07) is 25.8. The van der Waals surface area contributed by atoms with Gasteiger partial charge in [-0.3, -0.25) is 0 Å². The smallest absolute Gasteiger partial charge is 0.343 e. The van der Waals surface area contributed by atoms with Gasteiger partial charge in [0.2, 0.25) is 5.88 Å². The van der Waals surface area contributed by atoms with Gasteiger partial charge < -0.3 is 24.7 Å². The first kappa shape index (κ1) is 27.3. The van der Waals surface area contributed by atoms with Crippen LogP contribution in [0, 0.1) is 24.1 Å². The zero-order chi connectivity index (χ0) is 28.9. The molecule has 0 fully saturated rings. The van der Waals surface area contributed by atoms with Crippen molar-refractivity contribution in [3.63, 3.8) is 0 Å². The lowest BCUT2D eigenvalue weighted by atomic mass is 9.83. The number of nitrogens with two attached hydrogens (primary N) is 1. The minimum atomic E-state index is -0.560. The first-order valence-corrected chi connectivity index (χ1v) is 13.0. The summed E-state index contributed by atoms with van der Waals surface area (Å²) in [6.07, 6.45) is 0. The van der Waals surface area contributed by atoms with Crippen LogP contribution >= 0.6 is 0 Å². The van der Waals surface area contributed by atoms with Crippen LogP contribution in [0.25, 0.3) is 0 Å². The Hall–Kier alpha value is -5.29. The molecule has 0 radical (unpaired) electrons. The molecule has 0 spiro atoms. The zero-order valence-electron chi connectivity index (χ0n) is 22.5. The summed E-state index contributed by atoms with van der Waals surface area (Å²) in [6.45, 7) is 4.37. The van der Waals surface area contributed by atoms with Crippen molar-refractivity contribution in [3.8, 4) is 29.1 Å². The number of aryl methyl sites for hydroxylation is 1. The Morgan fingerprint density at radius 3 is 2.54 bits per heavy atom. The molecule has 0 aliphatic carbocycles. The number of carbonyl (C=O) groups is 1. The monoisotopic (exact) mass is 550 g/mol. The number of nitrogens with zero attached hydrogens (tertiary/aromatic N) is 1. The van der Waals surface area contributed by atoms with Gasteiger partial charge in [-0.1, -0.05) is 42.0 Å². The van der Waals surface area contributed by atoms with Gasteiger partial charge in [-0.2, -0.15) is 5.26 Å². The Morgan fingerprint density at radius 1 is 1.00 bits per heavy atom. The minimum Gasteiger partial charge on any atom is -0.490 e. The van der Waals surface area contributed by atoms with E-state index in [4.69, 9.17) is 24.7 Å². The molecular weight excluding hydrogens is 523 g/mol. The van der Waals surface area contributed by atoms with Gasteiger partial charge in [-0.25, -0.2) is 9.18 Å². The molecule has 0 saturated carbocycles. The molecule has 2 N–H and O–H groups in total. The van der Waals surface area contributed by atoms with Crippen LogP contribution in [0.4, 0.5) is 4.39 Å². The molecule has 0 saturated heterocycles. The van der Waals surface area contributed by atoms with Crippen molar-refractivity contribution in [2.45, 2.75) is 26.4 Å². The molecule has 4 aromatic rings. The number of nitriles is 1. The van der Waals surface area contributed by atoms with Crippen LogP contribution in [0.3, 0.4) is 0 Å². The quantitative estimate of drug-likeness (QED) is 0.196. The van der Waals surface area contributed by atoms with Crippen LogP contribution < -0.4 is 24.7 Å². The molecule has 1 heterocycles. The molecule has 0 aromatic heterocycles. The van der Waals surface area contributed by atoms with Crippen molar-refractivity contribution in [1.82, 2.24) is 0 Å². The fourth-order valence-electron chi connectivity index (χ4n) is 4.61. The van der Waals surface area contributed by atoms with Gasteiger partial charge >= 0.3 is 5.97 Å². The number of hydrogen-bond acceptors (Lipinski definition) is 7. The van der Waals surface area contributed by atoms with Gasteiger partial charge in [-0.15, -0.1) is 0 Å². The minimum absolute atomic E-state index is 0.0400. The lowest BCUT2D eigenvalue weighted by Gasteiger charge is -2.27. The average molecular weight is 551 g/mol. The summed E-state index contributed by atoms with van der Waals surface area (Å²) >= 11 is 0. The van der Waals surface area contributed by atoms with E-state index in [2.05, 4.69) is 6.07 Å². The van der Waals surface area contributed by atoms with Crippen molar-refractivity contribution in [1.29, 1.82) is 5.26 Å². The van der Waals surface area contributed by atoms with Gasteiger partial charge in [-0.05, 0) is 67.4 Å². The number of fused-ring (bicyclic) bond motifs is 1. The SMILES string of the molecule is CCOc1cc(C2C(C#N)=C(N)Oc3cc(OC(=O)c4cccc(C)c4)ccc32)ccc1OCc1ccc(F)cc1. The number of allylic oxidation sites excluding steroid dienone is 1. The number of esters is 1. The largest absolute Gasteiger partial charge is 0.490 e. The average Bonchev–Trinajstić information content (AvgIpc) is 2.96. The second kappa shape index (κ2) is 11.8. The van der Waals surface area contributed by atoms with E-state index in [0.717, 1.165) is 16.7 Å². The van der Waals surface area contributed by atoms with Crippen LogP contribution in [-0.2, 0) is 6.61 Å². The Balaban J connectivity index is 1.44. The Bertz CT molecular complexity index is 1670. The highest BCUT2D eigenvalue weighted by atomic mass is 19.1. The van der Waals surface area contributed by atoms with E-state index in [1.165, 1.54) is 12.1 Å². The van der Waals surface area contributed by atoms with Gasteiger partial charge in [0.15, 0.2) is 11.5 Å². The second-order valence-corrected chi connectivity index (χ2v) is 9.44. The van der Waals surface area contributed by atoms with E-state index >= 15 is 0 Å². The highest BCUT2D eigenvalue weighted by molar-refractivity contribution is 5.91. The Morgan fingerprint density at radius 2 is 1.80 bits per heavy atom. The van der Waals surface area contributed by atoms with Crippen LogP contribution in [-0.4, -0.2) is 12.6 Å². The van der Waals surface area contributed by atoms with E-state index in [9.17, 15) is 14.4 Å². The molecular formula is C33H27FN2O5. The van der Waals surface area contributed by atoms with Crippen LogP contribution in [0.5, 0.6) is 23.0 Å². The molecule has 1 unspecified atom stereocenters. The molecule has 0 bridgehead atoms. The maximum absolute atomic E-state index is 13.3. The van der Waals surface area contributed by atoms with Crippen LogP contribution in [0.15, 0.2) is 96.4 Å². The summed E-state index contributed by atoms with van der Waals surface area (Å²) in [5.74, 6) is 0.220. The summed E-state index contributed by atoms with van der Waals surface area (Å²) < 4.78 is 36.5. The molecule has 8 heteroatoms. The maximum Gasteiger partial charge on any atom is 0.343 e. The fourth-order valence-corrected chi connectivity index (χ4v) is 4.61. The van der Waals surface area contributed by atoms with Crippen LogP contribution in [0.2, 0.25) is 0 Å². The van der Waals surface area contributed by atoms with Crippen molar-refractivity contribution in [2.75, 3.05) is 6.61 Å². The number of benzene rings is 4. The molecule has 4 aromatic carbocycles.